The number of benzene rings is 1. The molecule has 2 aromatic rings. The van der Waals surface area contributed by atoms with Gasteiger partial charge in [-0.2, -0.15) is 0 Å². The van der Waals surface area contributed by atoms with Crippen molar-refractivity contribution in [2.75, 3.05) is 20.2 Å². The number of hydrogen-bond acceptors (Lipinski definition) is 4. The summed E-state index contributed by atoms with van der Waals surface area (Å²) >= 11 is 0. The Morgan fingerprint density at radius 3 is 2.72 bits per heavy atom. The number of fused-ring (bicyclic) bond motifs is 2. The van der Waals surface area contributed by atoms with Crippen molar-refractivity contribution < 1.29 is 13.9 Å². The first-order chi connectivity index (χ1) is 14.0. The van der Waals surface area contributed by atoms with Crippen LogP contribution in [0, 0.1) is 5.82 Å². The lowest BCUT2D eigenvalue weighted by atomic mass is 9.76. The van der Waals surface area contributed by atoms with Gasteiger partial charge in [0.2, 0.25) is 0 Å². The van der Waals surface area contributed by atoms with Crippen molar-refractivity contribution in [3.8, 4) is 5.75 Å². The summed E-state index contributed by atoms with van der Waals surface area (Å²) in [5.74, 6) is 0.917. The molecule has 0 radical (unpaired) electrons. The van der Waals surface area contributed by atoms with Crippen molar-refractivity contribution in [2.45, 2.75) is 49.9 Å². The Labute approximate surface area is 168 Å². The summed E-state index contributed by atoms with van der Waals surface area (Å²) in [4.78, 5) is 35.2. The van der Waals surface area contributed by atoms with Crippen LogP contribution in [-0.2, 0) is 11.8 Å². The van der Waals surface area contributed by atoms with E-state index in [0.29, 0.717) is 24.6 Å². The summed E-state index contributed by atoms with van der Waals surface area (Å²) in [6.07, 6.45) is 5.43. The number of nitrogens with zero attached hydrogens (tertiary/aromatic N) is 2. The van der Waals surface area contributed by atoms with E-state index in [1.165, 1.54) is 25.3 Å². The van der Waals surface area contributed by atoms with Crippen molar-refractivity contribution in [1.29, 1.82) is 0 Å². The van der Waals surface area contributed by atoms with E-state index in [1.54, 1.807) is 4.90 Å². The normalized spacial score (nSPS) is 20.0. The predicted molar refractivity (Wildman–Crippen MR) is 105 cm³/mol. The number of ether oxygens (including phenoxy) is 1. The molecule has 1 N–H and O–H groups in total. The van der Waals surface area contributed by atoms with Crippen molar-refractivity contribution in [3.05, 3.63) is 57.0 Å². The molecule has 2 fully saturated rings. The molecule has 6 nitrogen and oxygen atoms in total. The zero-order chi connectivity index (χ0) is 20.2. The highest BCUT2D eigenvalue weighted by Crippen LogP contribution is 2.46. The van der Waals surface area contributed by atoms with E-state index in [1.807, 2.05) is 0 Å². The van der Waals surface area contributed by atoms with Gasteiger partial charge < -0.3 is 14.6 Å². The van der Waals surface area contributed by atoms with E-state index in [2.05, 4.69) is 4.98 Å². The second-order valence-corrected chi connectivity index (χ2v) is 8.47. The first kappa shape index (κ1) is 18.3. The Hall–Kier alpha value is -2.70. The molecular weight excluding hydrogens is 373 g/mol. The monoisotopic (exact) mass is 397 g/mol. The van der Waals surface area contributed by atoms with Crippen molar-refractivity contribution in [1.82, 2.24) is 14.9 Å². The summed E-state index contributed by atoms with van der Waals surface area (Å²) in [5, 5.41) is 0. The largest absolute Gasteiger partial charge is 0.496 e. The number of carbonyl (C=O) groups is 1. The van der Waals surface area contributed by atoms with Crippen LogP contribution in [0.3, 0.4) is 0 Å². The molecule has 0 bridgehead atoms. The lowest BCUT2D eigenvalue weighted by molar-refractivity contribution is 0.0660. The predicted octanol–water partition coefficient (Wildman–Crippen LogP) is 2.92. The second-order valence-electron chi connectivity index (χ2n) is 8.47. The Balaban J connectivity index is 1.38. The van der Waals surface area contributed by atoms with Gasteiger partial charge in [-0.05, 0) is 50.7 Å². The van der Waals surface area contributed by atoms with Gasteiger partial charge in [-0.25, -0.2) is 9.37 Å². The number of rotatable bonds is 3. The molecule has 1 aromatic carbocycles. The SMILES string of the molecule is COc1cc(F)ccc1C(=O)N1CCC2(CCc3c2nc(C2CC2)[nH]c3=O)CC1. The Bertz CT molecular complexity index is 1040. The number of carbonyl (C=O) groups excluding carboxylic acids is 1. The average Bonchev–Trinajstić information content (AvgIpc) is 3.52. The maximum atomic E-state index is 13.5. The highest BCUT2D eigenvalue weighted by Gasteiger charge is 2.45. The lowest BCUT2D eigenvalue weighted by Gasteiger charge is -2.39. The van der Waals surface area contributed by atoms with Crippen LogP contribution < -0.4 is 10.3 Å². The van der Waals surface area contributed by atoms with E-state index >= 15 is 0 Å². The Kier molecular flexibility index (Phi) is 4.22. The molecule has 0 atom stereocenters. The number of piperidine rings is 1. The number of aromatic nitrogens is 2. The molecule has 3 aliphatic rings. The molecule has 5 rings (SSSR count). The van der Waals surface area contributed by atoms with E-state index in [9.17, 15) is 14.0 Å². The van der Waals surface area contributed by atoms with Gasteiger partial charge in [0.25, 0.3) is 11.5 Å². The molecule has 1 aliphatic heterocycles. The molecule has 152 valence electrons. The minimum Gasteiger partial charge on any atom is -0.496 e. The summed E-state index contributed by atoms with van der Waals surface area (Å²) in [7, 11) is 1.44. The third kappa shape index (κ3) is 3.03. The lowest BCUT2D eigenvalue weighted by Crippen LogP contribution is -2.45. The minimum absolute atomic E-state index is 0.0170. The molecule has 1 spiro atoms. The van der Waals surface area contributed by atoms with Gasteiger partial charge in [0, 0.05) is 36.1 Å². The molecule has 2 aliphatic carbocycles. The van der Waals surface area contributed by atoms with Crippen LogP contribution in [0.2, 0.25) is 0 Å². The van der Waals surface area contributed by atoms with E-state index in [4.69, 9.17) is 9.72 Å². The molecule has 7 heteroatoms. The van der Waals surface area contributed by atoms with Crippen LogP contribution in [0.5, 0.6) is 5.75 Å². The molecule has 1 aromatic heterocycles. The average molecular weight is 397 g/mol. The van der Waals surface area contributed by atoms with Crippen LogP contribution in [0.4, 0.5) is 4.39 Å². The zero-order valence-electron chi connectivity index (χ0n) is 16.5. The standard InChI is InChI=1S/C22H24FN3O3/c1-29-17-12-14(23)4-5-15(17)21(28)26-10-8-22(9-11-26)7-6-16-18(22)24-19(13-2-3-13)25-20(16)27/h4-5,12-13H,2-3,6-11H2,1H3,(H,24,25,27). The summed E-state index contributed by atoms with van der Waals surface area (Å²) in [5.41, 5.74) is 2.08. The molecular formula is C22H24FN3O3. The first-order valence-electron chi connectivity index (χ1n) is 10.3. The van der Waals surface area contributed by atoms with Gasteiger partial charge in [0.1, 0.15) is 17.4 Å². The van der Waals surface area contributed by atoms with Crippen LogP contribution in [0.1, 0.15) is 65.5 Å². The maximum Gasteiger partial charge on any atom is 0.257 e. The van der Waals surface area contributed by atoms with Gasteiger partial charge >= 0.3 is 0 Å². The highest BCUT2D eigenvalue weighted by atomic mass is 19.1. The van der Waals surface area contributed by atoms with Crippen molar-refractivity contribution in [2.24, 2.45) is 0 Å². The summed E-state index contributed by atoms with van der Waals surface area (Å²) in [6.45, 7) is 1.18. The fourth-order valence-electron chi connectivity index (χ4n) is 4.86. The number of H-pyrrole nitrogens is 1. The highest BCUT2D eigenvalue weighted by molar-refractivity contribution is 5.97. The Morgan fingerprint density at radius 2 is 2.03 bits per heavy atom. The van der Waals surface area contributed by atoms with Gasteiger partial charge in [-0.15, -0.1) is 0 Å². The fourth-order valence-corrected chi connectivity index (χ4v) is 4.86. The fraction of sp³-hybridized carbons (Fsp3) is 0.500. The maximum absolute atomic E-state index is 13.5. The third-order valence-electron chi connectivity index (χ3n) is 6.76. The van der Waals surface area contributed by atoms with Gasteiger partial charge in [-0.3, -0.25) is 9.59 Å². The van der Waals surface area contributed by atoms with Gasteiger partial charge in [0.05, 0.1) is 18.4 Å². The van der Waals surface area contributed by atoms with Crippen LogP contribution in [0.15, 0.2) is 23.0 Å². The number of likely N-dealkylation sites (tertiary alicyclic amines) is 1. The van der Waals surface area contributed by atoms with Gasteiger partial charge in [0.15, 0.2) is 0 Å². The Morgan fingerprint density at radius 1 is 1.28 bits per heavy atom. The van der Waals surface area contributed by atoms with Crippen LogP contribution in [-0.4, -0.2) is 41.0 Å². The number of halogens is 1. The minimum atomic E-state index is -0.429. The second kappa shape index (κ2) is 6.68. The van der Waals surface area contributed by atoms with E-state index in [0.717, 1.165) is 55.6 Å². The number of nitrogens with one attached hydrogen (secondary N) is 1. The molecule has 1 saturated carbocycles. The quantitative estimate of drug-likeness (QED) is 0.864. The topological polar surface area (TPSA) is 75.3 Å². The third-order valence-corrected chi connectivity index (χ3v) is 6.76. The summed E-state index contributed by atoms with van der Waals surface area (Å²) in [6, 6.07) is 4.00. The van der Waals surface area contributed by atoms with E-state index < -0.39 is 5.82 Å². The van der Waals surface area contributed by atoms with Crippen molar-refractivity contribution >= 4 is 5.91 Å². The van der Waals surface area contributed by atoms with Gasteiger partial charge in [-0.1, -0.05) is 0 Å². The molecule has 0 unspecified atom stereocenters. The van der Waals surface area contributed by atoms with Crippen molar-refractivity contribution in [3.63, 3.8) is 0 Å². The number of hydrogen-bond donors (Lipinski definition) is 1. The number of aromatic amines is 1. The van der Waals surface area contributed by atoms with E-state index in [-0.39, 0.29) is 22.6 Å². The number of methoxy groups -OCH3 is 1. The summed E-state index contributed by atoms with van der Waals surface area (Å²) < 4.78 is 18.7. The molecule has 1 saturated heterocycles. The van der Waals surface area contributed by atoms with Crippen LogP contribution >= 0.6 is 0 Å². The molecule has 29 heavy (non-hydrogen) atoms. The zero-order valence-corrected chi connectivity index (χ0v) is 16.5. The van der Waals surface area contributed by atoms with Crippen LogP contribution in [0.25, 0.3) is 0 Å². The molecule has 1 amide bonds. The smallest absolute Gasteiger partial charge is 0.257 e. The first-order valence-corrected chi connectivity index (χ1v) is 10.3. The number of amides is 1. The molecule has 2 heterocycles.